The number of ether oxygens (including phenoxy) is 2. The Kier molecular flexibility index (Phi) is 9.12. The highest BCUT2D eigenvalue weighted by molar-refractivity contribution is 6.22. The first-order chi connectivity index (χ1) is 18.6. The molecule has 0 radical (unpaired) electrons. The number of nitrogens with one attached hydrogen (secondary N) is 2. The van der Waals surface area contributed by atoms with Crippen LogP contribution in [0.4, 0.5) is 0 Å². The molecule has 4 rings (SSSR count). The molecule has 2 aromatic rings. The Morgan fingerprint density at radius 2 is 1.82 bits per heavy atom. The quantitative estimate of drug-likeness (QED) is 0.503. The highest BCUT2D eigenvalue weighted by Gasteiger charge is 2.41. The van der Waals surface area contributed by atoms with Crippen LogP contribution in [0.3, 0.4) is 0 Å². The number of carbonyl (C=O) groups is 2. The molecule has 2 aliphatic heterocycles. The van der Waals surface area contributed by atoms with Crippen molar-refractivity contribution < 1.29 is 19.1 Å². The molecule has 1 saturated heterocycles. The van der Waals surface area contributed by atoms with E-state index in [1.54, 1.807) is 24.1 Å². The van der Waals surface area contributed by atoms with Gasteiger partial charge in [-0.2, -0.15) is 5.10 Å². The van der Waals surface area contributed by atoms with Crippen LogP contribution in [-0.2, 0) is 14.9 Å². The van der Waals surface area contributed by atoms with Gasteiger partial charge >= 0.3 is 0 Å². The van der Waals surface area contributed by atoms with E-state index < -0.39 is 5.41 Å². The summed E-state index contributed by atoms with van der Waals surface area (Å²) in [6.07, 6.45) is 3.82. The molecule has 2 amide bonds. The first-order valence-corrected chi connectivity index (χ1v) is 14.0. The number of aromatic nitrogens is 2. The second kappa shape index (κ2) is 12.3. The van der Waals surface area contributed by atoms with E-state index in [0.717, 1.165) is 42.3 Å². The van der Waals surface area contributed by atoms with E-state index in [-0.39, 0.29) is 24.5 Å². The number of aryl methyl sites for hydroxylation is 1. The van der Waals surface area contributed by atoms with Crippen molar-refractivity contribution >= 4 is 17.4 Å². The summed E-state index contributed by atoms with van der Waals surface area (Å²) < 4.78 is 11.5. The molecule has 0 atom stereocenters. The van der Waals surface area contributed by atoms with Crippen LogP contribution in [0, 0.1) is 6.92 Å². The number of methoxy groups -OCH3 is 1. The molecular weight excluding hydrogens is 494 g/mol. The highest BCUT2D eigenvalue weighted by Crippen LogP contribution is 2.39. The summed E-state index contributed by atoms with van der Waals surface area (Å²) in [6.45, 7) is 14.0. The molecule has 0 unspecified atom stereocenters. The Hall–Kier alpha value is -3.17. The minimum Gasteiger partial charge on any atom is -0.492 e. The predicted octanol–water partition coefficient (Wildman–Crippen LogP) is 3.90. The van der Waals surface area contributed by atoms with E-state index in [4.69, 9.17) is 9.47 Å². The van der Waals surface area contributed by atoms with Gasteiger partial charge in [0.15, 0.2) is 0 Å². The van der Waals surface area contributed by atoms with Gasteiger partial charge in [-0.3, -0.25) is 19.6 Å². The second-order valence-corrected chi connectivity index (χ2v) is 11.5. The lowest BCUT2D eigenvalue weighted by atomic mass is 9.85. The maximum atomic E-state index is 14.0. The van der Waals surface area contributed by atoms with E-state index in [2.05, 4.69) is 20.4 Å². The number of amides is 2. The first-order valence-electron chi connectivity index (χ1n) is 14.0. The third-order valence-electron chi connectivity index (χ3n) is 7.41. The molecule has 212 valence electrons. The molecule has 1 fully saturated rings. The minimum atomic E-state index is -0.522. The number of H-pyrrole nitrogens is 1. The molecule has 0 saturated carbocycles. The van der Waals surface area contributed by atoms with Gasteiger partial charge in [0.1, 0.15) is 12.4 Å². The number of fused-ring (bicyclic) bond motifs is 1. The summed E-state index contributed by atoms with van der Waals surface area (Å²) in [6, 6.07) is 7.19. The van der Waals surface area contributed by atoms with Gasteiger partial charge in [0.2, 0.25) is 0 Å². The van der Waals surface area contributed by atoms with Gasteiger partial charge in [-0.15, -0.1) is 0 Å². The van der Waals surface area contributed by atoms with Crippen molar-refractivity contribution in [2.24, 2.45) is 0 Å². The van der Waals surface area contributed by atoms with Crippen molar-refractivity contribution in [3.63, 3.8) is 0 Å². The first kappa shape index (κ1) is 28.8. The van der Waals surface area contributed by atoms with Crippen molar-refractivity contribution in [3.8, 4) is 5.75 Å². The third-order valence-corrected chi connectivity index (χ3v) is 7.41. The number of piperidine rings is 1. The van der Waals surface area contributed by atoms with Crippen LogP contribution in [0.2, 0.25) is 0 Å². The zero-order valence-electron chi connectivity index (χ0n) is 24.2. The fraction of sp³-hybridized carbons (Fsp3) is 0.567. The van der Waals surface area contributed by atoms with E-state index in [1.807, 2.05) is 46.8 Å². The Morgan fingerprint density at radius 1 is 1.13 bits per heavy atom. The zero-order valence-corrected chi connectivity index (χ0v) is 24.2. The zero-order chi connectivity index (χ0) is 28.2. The molecule has 3 heterocycles. The molecule has 0 bridgehead atoms. The van der Waals surface area contributed by atoms with Gasteiger partial charge in [-0.1, -0.05) is 20.3 Å². The van der Waals surface area contributed by atoms with Gasteiger partial charge in [0.25, 0.3) is 11.8 Å². The predicted molar refractivity (Wildman–Crippen MR) is 152 cm³/mol. The summed E-state index contributed by atoms with van der Waals surface area (Å²) in [5.74, 6) is 0.285. The van der Waals surface area contributed by atoms with Crippen molar-refractivity contribution in [2.45, 2.75) is 65.3 Å². The number of benzene rings is 1. The molecule has 1 aromatic carbocycles. The average Bonchev–Trinajstić information content (AvgIpc) is 3.25. The number of nitrogens with zero attached hydrogens (tertiary/aromatic N) is 3. The Morgan fingerprint density at radius 3 is 2.46 bits per heavy atom. The van der Waals surface area contributed by atoms with Crippen molar-refractivity contribution in [2.75, 3.05) is 46.5 Å². The summed E-state index contributed by atoms with van der Waals surface area (Å²) in [4.78, 5) is 31.8. The Labute approximate surface area is 231 Å². The Bertz CT molecular complexity index is 1190. The second-order valence-electron chi connectivity index (χ2n) is 11.5. The van der Waals surface area contributed by atoms with Crippen LogP contribution in [0.1, 0.15) is 74.3 Å². The smallest absolute Gasteiger partial charge is 0.258 e. The van der Waals surface area contributed by atoms with Gasteiger partial charge in [-0.25, -0.2) is 0 Å². The maximum absolute atomic E-state index is 14.0. The van der Waals surface area contributed by atoms with Crippen LogP contribution in [0.25, 0.3) is 5.57 Å². The molecule has 39 heavy (non-hydrogen) atoms. The number of likely N-dealkylation sites (tertiary alicyclic amines) is 1. The van der Waals surface area contributed by atoms with Crippen LogP contribution < -0.4 is 10.1 Å². The van der Waals surface area contributed by atoms with E-state index in [0.29, 0.717) is 30.0 Å². The largest absolute Gasteiger partial charge is 0.492 e. The molecule has 1 aromatic heterocycles. The standard InChI is InChI=1S/C30H43N5O4/c1-20(2)31-28(36)26-24(18-38-6)35(19-30(4,5)27-25(26)21(3)32-33-27)29(37)22-10-12-23(13-11-22)39-17-16-34-14-8-7-9-15-34/h10-13,20H,7-9,14-19H2,1-6H3,(H,31,36)(H,32,33). The van der Waals surface area contributed by atoms with Crippen LogP contribution in [0.5, 0.6) is 5.75 Å². The van der Waals surface area contributed by atoms with Crippen LogP contribution in [0.15, 0.2) is 30.0 Å². The average molecular weight is 538 g/mol. The molecule has 9 heteroatoms. The maximum Gasteiger partial charge on any atom is 0.258 e. The number of hydrogen-bond donors (Lipinski definition) is 2. The number of hydrogen-bond acceptors (Lipinski definition) is 6. The third kappa shape index (κ3) is 6.53. The van der Waals surface area contributed by atoms with Gasteiger partial charge in [0, 0.05) is 48.5 Å². The molecule has 9 nitrogen and oxygen atoms in total. The number of aromatic amines is 1. The minimum absolute atomic E-state index is 0.0766. The molecule has 2 N–H and O–H groups in total. The summed E-state index contributed by atoms with van der Waals surface area (Å²) in [7, 11) is 1.57. The topological polar surface area (TPSA) is 99.8 Å². The molecule has 2 aliphatic rings. The van der Waals surface area contributed by atoms with E-state index in [9.17, 15) is 9.59 Å². The normalized spacial score (nSPS) is 17.7. The summed E-state index contributed by atoms with van der Waals surface area (Å²) in [5, 5.41) is 10.6. The lowest BCUT2D eigenvalue weighted by Gasteiger charge is -2.31. The fourth-order valence-electron chi connectivity index (χ4n) is 5.45. The van der Waals surface area contributed by atoms with Gasteiger partial charge < -0.3 is 19.7 Å². The molecule has 0 spiro atoms. The van der Waals surface area contributed by atoms with Crippen molar-refractivity contribution in [1.29, 1.82) is 0 Å². The SMILES string of the molecule is COCC1=C(C(=O)NC(C)C)c2c(n[nH]c2C)C(C)(C)CN1C(=O)c1ccc(OCCN2CCCCC2)cc1. The molecule has 0 aliphatic carbocycles. The number of rotatable bonds is 9. The molecular formula is C30H43N5O4. The van der Waals surface area contributed by atoms with Crippen molar-refractivity contribution in [1.82, 2.24) is 25.3 Å². The Balaban J connectivity index is 1.63. The van der Waals surface area contributed by atoms with E-state index >= 15 is 0 Å². The lowest BCUT2D eigenvalue weighted by Crippen LogP contribution is -2.41. The van der Waals surface area contributed by atoms with Crippen LogP contribution in [-0.4, -0.2) is 84.4 Å². The van der Waals surface area contributed by atoms with Gasteiger partial charge in [0.05, 0.1) is 23.6 Å². The highest BCUT2D eigenvalue weighted by atomic mass is 16.5. The lowest BCUT2D eigenvalue weighted by molar-refractivity contribution is -0.116. The summed E-state index contributed by atoms with van der Waals surface area (Å²) >= 11 is 0. The fourth-order valence-corrected chi connectivity index (χ4v) is 5.45. The van der Waals surface area contributed by atoms with Crippen LogP contribution >= 0.6 is 0 Å². The van der Waals surface area contributed by atoms with Gasteiger partial charge in [-0.05, 0) is 71.0 Å². The van der Waals surface area contributed by atoms with E-state index in [1.165, 1.54) is 19.3 Å². The monoisotopic (exact) mass is 537 g/mol. The summed E-state index contributed by atoms with van der Waals surface area (Å²) in [5.41, 5.74) is 3.21. The van der Waals surface area contributed by atoms with Crippen molar-refractivity contribution in [3.05, 3.63) is 52.5 Å². The number of carbonyl (C=O) groups excluding carboxylic acids is 2.